The summed E-state index contributed by atoms with van der Waals surface area (Å²) in [6.45, 7) is 0.940. The Morgan fingerprint density at radius 1 is 1.10 bits per heavy atom. The second-order valence-corrected chi connectivity index (χ2v) is 5.32. The second-order valence-electron chi connectivity index (χ2n) is 5.32. The molecule has 108 valence electrons. The maximum atomic E-state index is 4.54. The minimum absolute atomic E-state index is 0.825. The van der Waals surface area contributed by atoms with Crippen LogP contribution in [0.2, 0.25) is 0 Å². The van der Waals surface area contributed by atoms with Crippen LogP contribution in [0.3, 0.4) is 0 Å². The predicted octanol–water partition coefficient (Wildman–Crippen LogP) is 2.50. The Balaban J connectivity index is 1.99. The number of fused-ring (bicyclic) bond motifs is 1. The molecule has 5 heteroatoms. The van der Waals surface area contributed by atoms with Crippen molar-refractivity contribution < 1.29 is 0 Å². The van der Waals surface area contributed by atoms with Gasteiger partial charge in [0, 0.05) is 19.2 Å². The van der Waals surface area contributed by atoms with Crippen LogP contribution in [0, 0.1) is 0 Å². The van der Waals surface area contributed by atoms with Gasteiger partial charge >= 0.3 is 0 Å². The van der Waals surface area contributed by atoms with Crippen molar-refractivity contribution in [3.05, 3.63) is 48.2 Å². The molecule has 0 fully saturated rings. The molecule has 21 heavy (non-hydrogen) atoms. The maximum absolute atomic E-state index is 4.54. The van der Waals surface area contributed by atoms with Gasteiger partial charge in [-0.1, -0.05) is 24.3 Å². The summed E-state index contributed by atoms with van der Waals surface area (Å²) in [4.78, 5) is 6.56. The van der Waals surface area contributed by atoms with E-state index in [1.807, 2.05) is 29.9 Å². The third-order valence-electron chi connectivity index (χ3n) is 3.37. The molecule has 0 spiro atoms. The van der Waals surface area contributed by atoms with Gasteiger partial charge in [-0.25, -0.2) is 9.50 Å². The average Bonchev–Trinajstić information content (AvgIpc) is 2.90. The van der Waals surface area contributed by atoms with Crippen LogP contribution in [0.5, 0.6) is 0 Å². The van der Waals surface area contributed by atoms with Gasteiger partial charge in [0.2, 0.25) is 0 Å². The van der Waals surface area contributed by atoms with Gasteiger partial charge in [0.25, 0.3) is 0 Å². The highest BCUT2D eigenvalue weighted by atomic mass is 15.3. The monoisotopic (exact) mass is 281 g/mol. The molecule has 2 aromatic heterocycles. The van der Waals surface area contributed by atoms with E-state index < -0.39 is 0 Å². The minimum Gasteiger partial charge on any atom is -0.372 e. The summed E-state index contributed by atoms with van der Waals surface area (Å²) in [6.07, 6.45) is 1.86. The van der Waals surface area contributed by atoms with E-state index in [9.17, 15) is 0 Å². The van der Waals surface area contributed by atoms with Crippen molar-refractivity contribution in [3.8, 4) is 11.3 Å². The highest BCUT2D eigenvalue weighted by Gasteiger charge is 2.08. The van der Waals surface area contributed by atoms with Crippen LogP contribution in [0.1, 0.15) is 5.56 Å². The van der Waals surface area contributed by atoms with Crippen LogP contribution in [0.15, 0.2) is 42.6 Å². The second kappa shape index (κ2) is 5.54. The summed E-state index contributed by atoms with van der Waals surface area (Å²) >= 11 is 0. The molecule has 3 aromatic rings. The van der Waals surface area contributed by atoms with Gasteiger partial charge < -0.3 is 10.2 Å². The quantitative estimate of drug-likeness (QED) is 0.798. The molecular weight excluding hydrogens is 262 g/mol. The number of nitrogens with zero attached hydrogens (tertiary/aromatic N) is 4. The fraction of sp³-hybridized carbons (Fsp3) is 0.250. The van der Waals surface area contributed by atoms with Crippen LogP contribution < -0.4 is 5.32 Å². The van der Waals surface area contributed by atoms with Crippen molar-refractivity contribution in [1.29, 1.82) is 0 Å². The molecule has 5 nitrogen and oxygen atoms in total. The number of hydrogen-bond donors (Lipinski definition) is 1. The van der Waals surface area contributed by atoms with E-state index in [1.165, 1.54) is 5.56 Å². The number of benzene rings is 1. The molecule has 3 rings (SSSR count). The Hall–Kier alpha value is -2.40. The first-order valence-corrected chi connectivity index (χ1v) is 6.94. The summed E-state index contributed by atoms with van der Waals surface area (Å²) in [5, 5.41) is 7.59. The molecule has 2 heterocycles. The van der Waals surface area contributed by atoms with Crippen LogP contribution in [-0.4, -0.2) is 40.6 Å². The van der Waals surface area contributed by atoms with Crippen molar-refractivity contribution in [2.24, 2.45) is 0 Å². The molecule has 0 saturated carbocycles. The van der Waals surface area contributed by atoms with Crippen LogP contribution in [0.4, 0.5) is 5.82 Å². The van der Waals surface area contributed by atoms with Gasteiger partial charge in [-0.2, -0.15) is 0 Å². The van der Waals surface area contributed by atoms with Crippen LogP contribution >= 0.6 is 0 Å². The van der Waals surface area contributed by atoms with E-state index >= 15 is 0 Å². The third-order valence-corrected chi connectivity index (χ3v) is 3.37. The van der Waals surface area contributed by atoms with Crippen molar-refractivity contribution in [1.82, 2.24) is 19.5 Å². The first-order valence-electron chi connectivity index (χ1n) is 6.94. The summed E-state index contributed by atoms with van der Waals surface area (Å²) < 4.78 is 1.87. The summed E-state index contributed by atoms with van der Waals surface area (Å²) in [7, 11) is 6.00. The average molecular weight is 281 g/mol. The molecule has 0 atom stereocenters. The molecule has 0 aliphatic heterocycles. The molecule has 0 bridgehead atoms. The molecule has 0 saturated heterocycles. The molecule has 1 aromatic carbocycles. The number of rotatable bonds is 4. The first-order chi connectivity index (χ1) is 10.2. The van der Waals surface area contributed by atoms with Crippen LogP contribution in [-0.2, 0) is 6.54 Å². The molecule has 0 aliphatic carbocycles. The van der Waals surface area contributed by atoms with E-state index in [2.05, 4.69) is 58.7 Å². The lowest BCUT2D eigenvalue weighted by molar-refractivity contribution is 0.402. The normalized spacial score (nSPS) is 11.2. The highest BCUT2D eigenvalue weighted by Crippen LogP contribution is 2.21. The van der Waals surface area contributed by atoms with Crippen molar-refractivity contribution in [2.75, 3.05) is 26.5 Å². The molecule has 0 amide bonds. The smallest absolute Gasteiger partial charge is 0.154 e. The summed E-state index contributed by atoms with van der Waals surface area (Å²) in [5.74, 6) is 0.825. The topological polar surface area (TPSA) is 45.5 Å². The van der Waals surface area contributed by atoms with Crippen molar-refractivity contribution >= 4 is 11.5 Å². The minimum atomic E-state index is 0.825. The van der Waals surface area contributed by atoms with Gasteiger partial charge in [0.1, 0.15) is 5.82 Å². The summed E-state index contributed by atoms with van der Waals surface area (Å²) in [5.41, 5.74) is 4.26. The third kappa shape index (κ3) is 2.73. The molecule has 0 unspecified atom stereocenters. The Kier molecular flexibility index (Phi) is 3.58. The van der Waals surface area contributed by atoms with E-state index in [0.717, 1.165) is 29.3 Å². The zero-order valence-electron chi connectivity index (χ0n) is 12.5. The number of hydrogen-bond acceptors (Lipinski definition) is 4. The molecule has 0 aliphatic rings. The summed E-state index contributed by atoms with van der Waals surface area (Å²) in [6, 6.07) is 12.4. The molecule has 0 radical (unpaired) electrons. The Labute approximate surface area is 124 Å². The number of aromatic nitrogens is 3. The van der Waals surface area contributed by atoms with E-state index in [0.29, 0.717) is 0 Å². The maximum Gasteiger partial charge on any atom is 0.154 e. The predicted molar refractivity (Wildman–Crippen MR) is 85.4 cm³/mol. The van der Waals surface area contributed by atoms with E-state index in [-0.39, 0.29) is 0 Å². The lowest BCUT2D eigenvalue weighted by Crippen LogP contribution is -2.10. The number of anilines is 1. The zero-order valence-corrected chi connectivity index (χ0v) is 12.5. The largest absolute Gasteiger partial charge is 0.372 e. The van der Waals surface area contributed by atoms with Gasteiger partial charge in [-0.05, 0) is 31.8 Å². The lowest BCUT2D eigenvalue weighted by Gasteiger charge is -2.10. The van der Waals surface area contributed by atoms with Crippen molar-refractivity contribution in [2.45, 2.75) is 6.54 Å². The SMILES string of the molecule is CNc1ccc2ncc(-c3ccc(CN(C)C)cc3)n2n1. The Morgan fingerprint density at radius 3 is 2.52 bits per heavy atom. The van der Waals surface area contributed by atoms with Gasteiger partial charge in [0.15, 0.2) is 5.65 Å². The van der Waals surface area contributed by atoms with Crippen LogP contribution in [0.25, 0.3) is 16.9 Å². The molecular formula is C16H19N5. The Bertz CT molecular complexity index is 743. The lowest BCUT2D eigenvalue weighted by atomic mass is 10.1. The zero-order chi connectivity index (χ0) is 14.8. The van der Waals surface area contributed by atoms with Crippen molar-refractivity contribution in [3.63, 3.8) is 0 Å². The number of imidazole rings is 1. The molecule has 1 N–H and O–H groups in total. The standard InChI is InChI=1S/C16H19N5/c1-17-15-8-9-16-18-10-14(21(16)19-15)13-6-4-12(5-7-13)11-20(2)3/h4-10H,11H2,1-3H3,(H,17,19). The van der Waals surface area contributed by atoms with Gasteiger partial charge in [0.05, 0.1) is 11.9 Å². The van der Waals surface area contributed by atoms with E-state index in [1.54, 1.807) is 0 Å². The highest BCUT2D eigenvalue weighted by molar-refractivity contribution is 5.63. The first kappa shape index (κ1) is 13.6. The fourth-order valence-corrected chi connectivity index (χ4v) is 2.35. The number of nitrogens with one attached hydrogen (secondary N) is 1. The Morgan fingerprint density at radius 2 is 1.86 bits per heavy atom. The van der Waals surface area contributed by atoms with E-state index in [4.69, 9.17) is 0 Å². The van der Waals surface area contributed by atoms with Gasteiger partial charge in [-0.15, -0.1) is 5.10 Å². The fourth-order valence-electron chi connectivity index (χ4n) is 2.35. The van der Waals surface area contributed by atoms with Gasteiger partial charge in [-0.3, -0.25) is 0 Å².